The summed E-state index contributed by atoms with van der Waals surface area (Å²) in [7, 11) is 0. The lowest BCUT2D eigenvalue weighted by Crippen LogP contribution is -2.47. The van der Waals surface area contributed by atoms with E-state index in [9.17, 15) is 20.0 Å². The largest absolute Gasteiger partial charge is 0.465 e. The van der Waals surface area contributed by atoms with E-state index in [0.29, 0.717) is 11.1 Å². The fourth-order valence-corrected chi connectivity index (χ4v) is 3.46. The van der Waals surface area contributed by atoms with E-state index in [2.05, 4.69) is 0 Å². The van der Waals surface area contributed by atoms with Crippen molar-refractivity contribution in [3.05, 3.63) is 75.8 Å². The predicted octanol–water partition coefficient (Wildman–Crippen LogP) is 5.76. The summed E-state index contributed by atoms with van der Waals surface area (Å²) in [6.45, 7) is 7.00. The van der Waals surface area contributed by atoms with Gasteiger partial charge in [-0.2, -0.15) is 0 Å². The van der Waals surface area contributed by atoms with Gasteiger partial charge in [0.05, 0.1) is 17.0 Å². The minimum absolute atomic E-state index is 0.135. The molecular weight excluding hydrogens is 363 g/mol. The molecule has 0 aromatic heterocycles. The SMILES string of the molecule is C[C@H]([C@H](F)c1ccccc1)N(C(=O)O)C(c1cccc([N+](=O)[O-])c1)C(C)(C)C. The van der Waals surface area contributed by atoms with Crippen LogP contribution in [0.5, 0.6) is 0 Å². The van der Waals surface area contributed by atoms with Gasteiger partial charge in [-0.05, 0) is 23.5 Å². The maximum Gasteiger partial charge on any atom is 0.408 e. The van der Waals surface area contributed by atoms with E-state index in [0.717, 1.165) is 4.90 Å². The highest BCUT2D eigenvalue weighted by molar-refractivity contribution is 5.67. The zero-order chi connectivity index (χ0) is 21.1. The molecule has 0 fully saturated rings. The van der Waals surface area contributed by atoms with E-state index < -0.39 is 34.7 Å². The zero-order valence-electron chi connectivity index (χ0n) is 16.4. The van der Waals surface area contributed by atoms with Crippen LogP contribution in [-0.4, -0.2) is 27.1 Å². The van der Waals surface area contributed by atoms with Gasteiger partial charge in [0.1, 0.15) is 6.17 Å². The lowest BCUT2D eigenvalue weighted by molar-refractivity contribution is -0.385. The number of nitrogens with zero attached hydrogens (tertiary/aromatic N) is 2. The second kappa shape index (κ2) is 8.37. The van der Waals surface area contributed by atoms with Gasteiger partial charge in [0.25, 0.3) is 5.69 Å². The Bertz CT molecular complexity index is 836. The average molecular weight is 388 g/mol. The van der Waals surface area contributed by atoms with Crippen molar-refractivity contribution in [1.29, 1.82) is 0 Å². The van der Waals surface area contributed by atoms with Gasteiger partial charge in [0, 0.05) is 12.1 Å². The number of amides is 1. The van der Waals surface area contributed by atoms with Crippen molar-refractivity contribution in [3.8, 4) is 0 Å². The highest BCUT2D eigenvalue weighted by atomic mass is 19.1. The van der Waals surface area contributed by atoms with E-state index in [1.165, 1.54) is 25.1 Å². The topological polar surface area (TPSA) is 83.7 Å². The summed E-state index contributed by atoms with van der Waals surface area (Å²) in [6.07, 6.45) is -2.82. The third-order valence-electron chi connectivity index (χ3n) is 4.70. The van der Waals surface area contributed by atoms with E-state index >= 15 is 4.39 Å². The summed E-state index contributed by atoms with van der Waals surface area (Å²) in [5.74, 6) is 0. The van der Waals surface area contributed by atoms with Gasteiger partial charge in [-0.3, -0.25) is 15.0 Å². The smallest absolute Gasteiger partial charge is 0.408 e. The number of halogens is 1. The first-order valence-electron chi connectivity index (χ1n) is 8.98. The molecule has 6 nitrogen and oxygen atoms in total. The summed E-state index contributed by atoms with van der Waals surface area (Å²) >= 11 is 0. The summed E-state index contributed by atoms with van der Waals surface area (Å²) < 4.78 is 15.2. The van der Waals surface area contributed by atoms with Crippen LogP contribution in [0.25, 0.3) is 0 Å². The number of carbonyl (C=O) groups is 1. The quantitative estimate of drug-likeness (QED) is 0.503. The Labute approximate surface area is 163 Å². The molecule has 28 heavy (non-hydrogen) atoms. The monoisotopic (exact) mass is 388 g/mol. The number of nitro groups is 1. The van der Waals surface area contributed by atoms with Gasteiger partial charge in [0.15, 0.2) is 0 Å². The number of non-ortho nitro benzene ring substituents is 1. The lowest BCUT2D eigenvalue weighted by Gasteiger charge is -2.43. The van der Waals surface area contributed by atoms with Gasteiger partial charge in [-0.15, -0.1) is 0 Å². The molecule has 2 aromatic rings. The van der Waals surface area contributed by atoms with Gasteiger partial charge in [0.2, 0.25) is 0 Å². The van der Waals surface area contributed by atoms with Crippen LogP contribution < -0.4 is 0 Å². The number of rotatable bonds is 6. The number of hydrogen-bond acceptors (Lipinski definition) is 3. The van der Waals surface area contributed by atoms with Crippen molar-refractivity contribution in [3.63, 3.8) is 0 Å². The summed E-state index contributed by atoms with van der Waals surface area (Å²) in [6, 6.07) is 12.5. The van der Waals surface area contributed by atoms with Crippen LogP contribution in [0.1, 0.15) is 51.0 Å². The molecule has 0 radical (unpaired) electrons. The highest BCUT2D eigenvalue weighted by Crippen LogP contribution is 2.42. The zero-order valence-corrected chi connectivity index (χ0v) is 16.4. The second-order valence-electron chi connectivity index (χ2n) is 7.86. The molecule has 0 heterocycles. The Morgan fingerprint density at radius 1 is 1.11 bits per heavy atom. The van der Waals surface area contributed by atoms with Crippen LogP contribution >= 0.6 is 0 Å². The number of carboxylic acid groups (broad SMARTS) is 1. The van der Waals surface area contributed by atoms with Crippen LogP contribution in [-0.2, 0) is 0 Å². The molecule has 0 spiro atoms. The maximum atomic E-state index is 15.2. The Kier molecular flexibility index (Phi) is 6.38. The molecule has 1 N–H and O–H groups in total. The fourth-order valence-electron chi connectivity index (χ4n) is 3.46. The van der Waals surface area contributed by atoms with Crippen molar-refractivity contribution in [1.82, 2.24) is 4.90 Å². The summed E-state index contributed by atoms with van der Waals surface area (Å²) in [4.78, 5) is 23.9. The van der Waals surface area contributed by atoms with Gasteiger partial charge < -0.3 is 5.11 Å². The van der Waals surface area contributed by atoms with Crippen LogP contribution in [0, 0.1) is 15.5 Å². The molecule has 0 bridgehead atoms. The Morgan fingerprint density at radius 2 is 1.68 bits per heavy atom. The number of nitro benzene ring substituents is 1. The average Bonchev–Trinajstić information content (AvgIpc) is 2.64. The lowest BCUT2D eigenvalue weighted by atomic mass is 9.80. The first-order valence-corrected chi connectivity index (χ1v) is 8.98. The maximum absolute atomic E-state index is 15.2. The molecule has 1 unspecified atom stereocenters. The third-order valence-corrected chi connectivity index (χ3v) is 4.70. The second-order valence-corrected chi connectivity index (χ2v) is 7.86. The van der Waals surface area contributed by atoms with Crippen molar-refractivity contribution in [2.45, 2.75) is 46.0 Å². The molecule has 0 aliphatic carbocycles. The van der Waals surface area contributed by atoms with Crippen LogP contribution in [0.4, 0.5) is 14.9 Å². The van der Waals surface area contributed by atoms with Crippen molar-refractivity contribution >= 4 is 11.8 Å². The first kappa shape index (κ1) is 21.3. The van der Waals surface area contributed by atoms with Crippen LogP contribution in [0.2, 0.25) is 0 Å². The van der Waals surface area contributed by atoms with Crippen molar-refractivity contribution in [2.75, 3.05) is 0 Å². The highest BCUT2D eigenvalue weighted by Gasteiger charge is 2.40. The minimum Gasteiger partial charge on any atom is -0.465 e. The molecule has 7 heteroatoms. The van der Waals surface area contributed by atoms with E-state index in [4.69, 9.17) is 0 Å². The van der Waals surface area contributed by atoms with E-state index in [1.807, 2.05) is 20.8 Å². The first-order chi connectivity index (χ1) is 13.0. The molecule has 0 aliphatic heterocycles. The molecular formula is C21H25FN2O4. The van der Waals surface area contributed by atoms with Gasteiger partial charge in [-0.1, -0.05) is 63.2 Å². The molecule has 1 amide bonds. The number of hydrogen-bond donors (Lipinski definition) is 1. The molecule has 0 aliphatic rings. The van der Waals surface area contributed by atoms with Gasteiger partial charge in [-0.25, -0.2) is 9.18 Å². The predicted molar refractivity (Wildman–Crippen MR) is 105 cm³/mol. The Hall–Kier alpha value is -2.96. The van der Waals surface area contributed by atoms with E-state index in [-0.39, 0.29) is 5.69 Å². The Balaban J connectivity index is 2.53. The number of benzene rings is 2. The number of alkyl halides is 1. The van der Waals surface area contributed by atoms with Gasteiger partial charge >= 0.3 is 6.09 Å². The molecule has 150 valence electrons. The standard InChI is InChI=1S/C21H25FN2O4/c1-14(18(22)15-9-6-5-7-10-15)23(20(25)26)19(21(2,3)4)16-11-8-12-17(13-16)24(27)28/h5-14,18-19H,1-4H3,(H,25,26)/t14-,18+,19?/m1/s1. The Morgan fingerprint density at radius 3 is 2.18 bits per heavy atom. The molecule has 3 atom stereocenters. The van der Waals surface area contributed by atoms with Crippen molar-refractivity contribution < 1.29 is 19.2 Å². The molecule has 2 aromatic carbocycles. The van der Waals surface area contributed by atoms with Crippen molar-refractivity contribution in [2.24, 2.45) is 5.41 Å². The summed E-state index contributed by atoms with van der Waals surface area (Å²) in [5, 5.41) is 21.1. The van der Waals surface area contributed by atoms with Crippen LogP contribution in [0.3, 0.4) is 0 Å². The third kappa shape index (κ3) is 4.65. The minimum atomic E-state index is -1.54. The molecule has 0 saturated carbocycles. The van der Waals surface area contributed by atoms with E-state index in [1.54, 1.807) is 36.4 Å². The molecule has 2 rings (SSSR count). The normalized spacial score (nSPS) is 14.8. The summed E-state index contributed by atoms with van der Waals surface area (Å²) in [5.41, 5.74) is 0.0759. The molecule has 0 saturated heterocycles. The van der Waals surface area contributed by atoms with Crippen LogP contribution in [0.15, 0.2) is 54.6 Å². The fraction of sp³-hybridized carbons (Fsp3) is 0.381.